The number of hydrogen-bond acceptors (Lipinski definition) is 5. The van der Waals surface area contributed by atoms with Crippen LogP contribution >= 0.6 is 12.2 Å². The lowest BCUT2D eigenvalue weighted by atomic mass is 10.1. The van der Waals surface area contributed by atoms with Gasteiger partial charge in [-0.3, -0.25) is 10.1 Å². The highest BCUT2D eigenvalue weighted by Gasteiger charge is 2.24. The third-order valence-electron chi connectivity index (χ3n) is 3.84. The SMILES string of the molecule is Cc1ccc(-n2[nH]cc(C3=NNNN3C(C)C)c2=S)cc1C. The molecule has 0 saturated carbocycles. The van der Waals surface area contributed by atoms with Crippen LogP contribution in [0, 0.1) is 18.5 Å². The molecule has 0 fully saturated rings. The fourth-order valence-corrected chi connectivity index (χ4v) is 2.70. The molecule has 6 nitrogen and oxygen atoms in total. The summed E-state index contributed by atoms with van der Waals surface area (Å²) in [5.74, 6) is 0.791. The molecule has 3 rings (SSSR count). The molecule has 0 spiro atoms. The zero-order valence-corrected chi connectivity index (χ0v) is 14.0. The van der Waals surface area contributed by atoms with E-state index in [1.165, 1.54) is 11.1 Å². The molecule has 2 heterocycles. The summed E-state index contributed by atoms with van der Waals surface area (Å²) in [5, 5.41) is 9.46. The van der Waals surface area contributed by atoms with Gasteiger partial charge in [0.1, 0.15) is 4.64 Å². The summed E-state index contributed by atoms with van der Waals surface area (Å²) >= 11 is 5.63. The van der Waals surface area contributed by atoms with Crippen molar-refractivity contribution in [3.05, 3.63) is 45.7 Å². The number of hydrazone groups is 1. The van der Waals surface area contributed by atoms with Gasteiger partial charge in [0, 0.05) is 12.2 Å². The van der Waals surface area contributed by atoms with Gasteiger partial charge in [0.25, 0.3) is 0 Å². The second-order valence-electron chi connectivity index (χ2n) is 5.72. The first kappa shape index (κ1) is 14.8. The van der Waals surface area contributed by atoms with Gasteiger partial charge in [-0.25, -0.2) is 10.2 Å². The molecular formula is C15H20N6S. The van der Waals surface area contributed by atoms with Crippen LogP contribution in [0.4, 0.5) is 0 Å². The Kier molecular flexibility index (Phi) is 3.76. The molecule has 0 radical (unpaired) electrons. The number of H-pyrrole nitrogens is 1. The Morgan fingerprint density at radius 1 is 1.18 bits per heavy atom. The van der Waals surface area contributed by atoms with Crippen LogP contribution in [0.5, 0.6) is 0 Å². The Bertz CT molecular complexity index is 786. The zero-order valence-electron chi connectivity index (χ0n) is 13.1. The molecule has 0 bridgehead atoms. The van der Waals surface area contributed by atoms with Crippen LogP contribution < -0.4 is 11.1 Å². The number of benzene rings is 1. The smallest absolute Gasteiger partial charge is 0.177 e. The fourth-order valence-electron chi connectivity index (χ4n) is 2.39. The van der Waals surface area contributed by atoms with Crippen molar-refractivity contribution in [1.29, 1.82) is 0 Å². The minimum atomic E-state index is 0.258. The Morgan fingerprint density at radius 2 is 1.95 bits per heavy atom. The van der Waals surface area contributed by atoms with Gasteiger partial charge in [0.05, 0.1) is 11.3 Å². The van der Waals surface area contributed by atoms with E-state index in [4.69, 9.17) is 12.2 Å². The lowest BCUT2D eigenvalue weighted by Crippen LogP contribution is -2.45. The van der Waals surface area contributed by atoms with Crippen molar-refractivity contribution in [1.82, 2.24) is 25.9 Å². The number of aryl methyl sites for hydroxylation is 2. The van der Waals surface area contributed by atoms with Crippen molar-refractivity contribution < 1.29 is 0 Å². The molecule has 1 aromatic heterocycles. The lowest BCUT2D eigenvalue weighted by molar-refractivity contribution is 0.246. The number of aromatic nitrogens is 2. The van der Waals surface area contributed by atoms with Crippen LogP contribution in [0.2, 0.25) is 0 Å². The zero-order chi connectivity index (χ0) is 15.9. The summed E-state index contributed by atoms with van der Waals surface area (Å²) in [6.45, 7) is 8.37. The molecule has 0 atom stereocenters. The van der Waals surface area contributed by atoms with E-state index in [2.05, 4.69) is 67.2 Å². The van der Waals surface area contributed by atoms with Gasteiger partial charge in [0.15, 0.2) is 5.84 Å². The highest BCUT2D eigenvalue weighted by atomic mass is 32.1. The largest absolute Gasteiger partial charge is 0.299 e. The molecule has 116 valence electrons. The van der Waals surface area contributed by atoms with Gasteiger partial charge < -0.3 is 0 Å². The van der Waals surface area contributed by atoms with Gasteiger partial charge in [-0.15, -0.1) is 10.6 Å². The molecule has 0 unspecified atom stereocenters. The van der Waals surface area contributed by atoms with Crippen molar-refractivity contribution in [2.45, 2.75) is 33.7 Å². The van der Waals surface area contributed by atoms with E-state index in [1.807, 2.05) is 15.9 Å². The number of hydrazine groups is 2. The Hall–Kier alpha value is -2.12. The first-order valence-electron chi connectivity index (χ1n) is 7.25. The van der Waals surface area contributed by atoms with Crippen molar-refractivity contribution in [3.8, 4) is 5.69 Å². The fraction of sp³-hybridized carbons (Fsp3) is 0.333. The summed E-state index contributed by atoms with van der Waals surface area (Å²) in [7, 11) is 0. The minimum absolute atomic E-state index is 0.258. The van der Waals surface area contributed by atoms with E-state index >= 15 is 0 Å². The summed E-state index contributed by atoms with van der Waals surface area (Å²) in [6.07, 6.45) is 1.89. The maximum Gasteiger partial charge on any atom is 0.177 e. The monoisotopic (exact) mass is 316 g/mol. The van der Waals surface area contributed by atoms with Crippen molar-refractivity contribution >= 4 is 18.1 Å². The highest BCUT2D eigenvalue weighted by molar-refractivity contribution is 7.71. The van der Waals surface area contributed by atoms with E-state index in [9.17, 15) is 0 Å². The van der Waals surface area contributed by atoms with Gasteiger partial charge in [-0.05, 0) is 51.0 Å². The number of aromatic amines is 1. The number of nitrogens with zero attached hydrogens (tertiary/aromatic N) is 3. The molecule has 1 aliphatic heterocycles. The van der Waals surface area contributed by atoms with E-state index in [0.29, 0.717) is 4.64 Å². The van der Waals surface area contributed by atoms with Crippen LogP contribution in [0.15, 0.2) is 29.5 Å². The van der Waals surface area contributed by atoms with Crippen LogP contribution in [-0.4, -0.2) is 26.7 Å². The van der Waals surface area contributed by atoms with Crippen LogP contribution in [0.3, 0.4) is 0 Å². The lowest BCUT2D eigenvalue weighted by Gasteiger charge is -2.22. The van der Waals surface area contributed by atoms with Crippen molar-refractivity contribution in [3.63, 3.8) is 0 Å². The summed E-state index contributed by atoms with van der Waals surface area (Å²) in [4.78, 5) is 0. The maximum atomic E-state index is 5.63. The van der Waals surface area contributed by atoms with Crippen LogP contribution in [-0.2, 0) is 0 Å². The number of nitrogens with one attached hydrogen (secondary N) is 3. The summed E-state index contributed by atoms with van der Waals surface area (Å²) in [5.41, 5.74) is 10.2. The Balaban J connectivity index is 2.02. The highest BCUT2D eigenvalue weighted by Crippen LogP contribution is 2.17. The Morgan fingerprint density at radius 3 is 2.64 bits per heavy atom. The average Bonchev–Trinajstić information content (AvgIpc) is 3.08. The third-order valence-corrected chi connectivity index (χ3v) is 4.24. The Labute approximate surface area is 134 Å². The normalized spacial score (nSPS) is 14.4. The quantitative estimate of drug-likeness (QED) is 0.762. The standard InChI is InChI=1S/C15H20N6S/c1-9(2)20-14(17-18-19-20)13-8-16-21(15(13)22)12-6-5-10(3)11(4)7-12/h5-9,16,18-19H,1-4H3. The molecule has 0 saturated heterocycles. The average molecular weight is 316 g/mol. The van der Waals surface area contributed by atoms with Gasteiger partial charge in [-0.1, -0.05) is 18.3 Å². The molecule has 3 N–H and O–H groups in total. The van der Waals surface area contributed by atoms with E-state index < -0.39 is 0 Å². The molecule has 1 aliphatic rings. The predicted octanol–water partition coefficient (Wildman–Crippen LogP) is 2.55. The molecule has 7 heteroatoms. The minimum Gasteiger partial charge on any atom is -0.299 e. The second kappa shape index (κ2) is 5.58. The molecule has 0 amide bonds. The van der Waals surface area contributed by atoms with Crippen molar-refractivity contribution in [2.24, 2.45) is 5.10 Å². The first-order valence-corrected chi connectivity index (χ1v) is 7.66. The van der Waals surface area contributed by atoms with Gasteiger partial charge in [-0.2, -0.15) is 0 Å². The van der Waals surface area contributed by atoms with Crippen LogP contribution in [0.25, 0.3) is 5.69 Å². The van der Waals surface area contributed by atoms with Gasteiger partial charge >= 0.3 is 0 Å². The molecule has 2 aromatic rings. The molecule has 0 aliphatic carbocycles. The van der Waals surface area contributed by atoms with Gasteiger partial charge in [0.2, 0.25) is 0 Å². The van der Waals surface area contributed by atoms with E-state index in [-0.39, 0.29) is 6.04 Å². The van der Waals surface area contributed by atoms with E-state index in [1.54, 1.807) is 0 Å². The van der Waals surface area contributed by atoms with Crippen molar-refractivity contribution in [2.75, 3.05) is 0 Å². The number of rotatable bonds is 3. The molecule has 1 aromatic carbocycles. The van der Waals surface area contributed by atoms with E-state index in [0.717, 1.165) is 17.1 Å². The number of hydrogen-bond donors (Lipinski definition) is 3. The predicted molar refractivity (Wildman–Crippen MR) is 90.2 cm³/mol. The first-order chi connectivity index (χ1) is 10.5. The molecule has 22 heavy (non-hydrogen) atoms. The maximum absolute atomic E-state index is 5.63. The third kappa shape index (κ3) is 2.42. The van der Waals surface area contributed by atoms with Crippen LogP contribution in [0.1, 0.15) is 30.5 Å². The second-order valence-corrected chi connectivity index (χ2v) is 6.11. The molecular weight excluding hydrogens is 296 g/mol. The summed E-state index contributed by atoms with van der Waals surface area (Å²) < 4.78 is 2.61. The topological polar surface area (TPSA) is 60.4 Å². The summed E-state index contributed by atoms with van der Waals surface area (Å²) in [6, 6.07) is 6.54. The number of amidine groups is 1.